The van der Waals surface area contributed by atoms with Gasteiger partial charge in [-0.05, 0) is 42.3 Å². The van der Waals surface area contributed by atoms with Crippen LogP contribution < -0.4 is 16.2 Å². The van der Waals surface area contributed by atoms with Crippen molar-refractivity contribution in [2.75, 3.05) is 0 Å². The van der Waals surface area contributed by atoms with Crippen LogP contribution in [0.2, 0.25) is 10.0 Å². The Morgan fingerprint density at radius 1 is 1.04 bits per heavy atom. The number of carbonyl (C=O) groups is 2. The zero-order valence-electron chi connectivity index (χ0n) is 13.3. The third kappa shape index (κ3) is 5.92. The van der Waals surface area contributed by atoms with Crippen LogP contribution in [0, 0.1) is 5.82 Å². The first-order chi connectivity index (χ1) is 11.8. The molecule has 25 heavy (non-hydrogen) atoms. The van der Waals surface area contributed by atoms with Gasteiger partial charge in [-0.25, -0.2) is 14.6 Å². The van der Waals surface area contributed by atoms with Gasteiger partial charge in [-0.2, -0.15) is 0 Å². The number of hydrogen-bond donors (Lipinski definition) is 3. The molecule has 0 aliphatic heterocycles. The van der Waals surface area contributed by atoms with Crippen molar-refractivity contribution in [3.05, 3.63) is 69.5 Å². The number of rotatable bonds is 4. The van der Waals surface area contributed by atoms with Gasteiger partial charge < -0.3 is 5.32 Å². The molecule has 3 amide bonds. The molecule has 2 aromatic rings. The Hall–Kier alpha value is -2.31. The largest absolute Gasteiger partial charge is 0.333 e. The lowest BCUT2D eigenvalue weighted by molar-refractivity contribution is -0.121. The fourth-order valence-corrected chi connectivity index (χ4v) is 2.36. The van der Waals surface area contributed by atoms with Gasteiger partial charge in [0, 0.05) is 0 Å². The molecular formula is C17H16Cl2FN3O2. The minimum absolute atomic E-state index is 0.0168. The van der Waals surface area contributed by atoms with Gasteiger partial charge in [0.15, 0.2) is 0 Å². The van der Waals surface area contributed by atoms with Crippen LogP contribution in [0.5, 0.6) is 0 Å². The van der Waals surface area contributed by atoms with E-state index in [0.29, 0.717) is 15.6 Å². The highest BCUT2D eigenvalue weighted by atomic mass is 35.5. The molecule has 0 aliphatic carbocycles. The van der Waals surface area contributed by atoms with Gasteiger partial charge in [-0.3, -0.25) is 10.2 Å². The zero-order chi connectivity index (χ0) is 18.4. The molecule has 1 atom stereocenters. The maximum Gasteiger partial charge on any atom is 0.333 e. The van der Waals surface area contributed by atoms with Crippen molar-refractivity contribution < 1.29 is 14.0 Å². The van der Waals surface area contributed by atoms with E-state index in [1.807, 2.05) is 0 Å². The lowest BCUT2D eigenvalue weighted by atomic mass is 10.1. The van der Waals surface area contributed by atoms with Gasteiger partial charge in [-0.1, -0.05) is 41.4 Å². The van der Waals surface area contributed by atoms with E-state index in [1.165, 1.54) is 24.3 Å². The number of carbonyl (C=O) groups excluding carboxylic acids is 2. The molecule has 0 bridgehead atoms. The van der Waals surface area contributed by atoms with Gasteiger partial charge >= 0.3 is 6.03 Å². The molecule has 8 heteroatoms. The van der Waals surface area contributed by atoms with E-state index in [-0.39, 0.29) is 18.3 Å². The van der Waals surface area contributed by atoms with Crippen molar-refractivity contribution in [1.82, 2.24) is 16.2 Å². The fraction of sp³-hybridized carbons (Fsp3) is 0.176. The standard InChI is InChI=1S/C17H16Cl2FN3O2/c1-10(12-4-7-14(18)15(19)9-12)21-17(25)23-22-16(24)8-11-2-5-13(20)6-3-11/h2-7,9-10H,8H2,1H3,(H,22,24)(H2,21,23,25). The average molecular weight is 384 g/mol. The number of urea groups is 1. The highest BCUT2D eigenvalue weighted by Gasteiger charge is 2.12. The number of nitrogens with one attached hydrogen (secondary N) is 3. The lowest BCUT2D eigenvalue weighted by Gasteiger charge is -2.16. The van der Waals surface area contributed by atoms with Gasteiger partial charge in [0.25, 0.3) is 0 Å². The monoisotopic (exact) mass is 383 g/mol. The molecule has 0 aliphatic rings. The highest BCUT2D eigenvalue weighted by molar-refractivity contribution is 6.42. The van der Waals surface area contributed by atoms with Crippen LogP contribution in [0.25, 0.3) is 0 Å². The third-order valence-corrected chi connectivity index (χ3v) is 4.12. The summed E-state index contributed by atoms with van der Waals surface area (Å²) in [6, 6.07) is 9.65. The van der Waals surface area contributed by atoms with Crippen LogP contribution in [-0.2, 0) is 11.2 Å². The van der Waals surface area contributed by atoms with Crippen molar-refractivity contribution in [3.8, 4) is 0 Å². The number of benzene rings is 2. The SMILES string of the molecule is CC(NC(=O)NNC(=O)Cc1ccc(F)cc1)c1ccc(Cl)c(Cl)c1. The van der Waals surface area contributed by atoms with E-state index in [4.69, 9.17) is 23.2 Å². The molecule has 1 unspecified atom stereocenters. The molecule has 0 spiro atoms. The summed E-state index contributed by atoms with van der Waals surface area (Å²) in [4.78, 5) is 23.6. The minimum atomic E-state index is -0.578. The van der Waals surface area contributed by atoms with Gasteiger partial charge in [0.05, 0.1) is 22.5 Å². The molecule has 5 nitrogen and oxygen atoms in total. The molecule has 0 aromatic heterocycles. The van der Waals surface area contributed by atoms with Gasteiger partial charge in [-0.15, -0.1) is 0 Å². The molecule has 3 N–H and O–H groups in total. The van der Waals surface area contributed by atoms with Crippen molar-refractivity contribution in [1.29, 1.82) is 0 Å². The molecule has 2 rings (SSSR count). The molecule has 132 valence electrons. The quantitative estimate of drug-likeness (QED) is 0.703. The van der Waals surface area contributed by atoms with E-state index in [1.54, 1.807) is 25.1 Å². The van der Waals surface area contributed by atoms with E-state index >= 15 is 0 Å². The first-order valence-electron chi connectivity index (χ1n) is 7.40. The first kappa shape index (κ1) is 19.0. The summed E-state index contributed by atoms with van der Waals surface area (Å²) in [6.45, 7) is 1.76. The summed E-state index contributed by atoms with van der Waals surface area (Å²) in [6.07, 6.45) is 0.0168. The number of amides is 3. The fourth-order valence-electron chi connectivity index (χ4n) is 2.06. The summed E-state index contributed by atoms with van der Waals surface area (Å²) in [5.74, 6) is -0.804. The Morgan fingerprint density at radius 2 is 1.72 bits per heavy atom. The van der Waals surface area contributed by atoms with Gasteiger partial charge in [0.2, 0.25) is 5.91 Å². The molecule has 0 radical (unpaired) electrons. The van der Waals surface area contributed by atoms with Crippen molar-refractivity contribution >= 4 is 35.1 Å². The number of hydrogen-bond acceptors (Lipinski definition) is 2. The van der Waals surface area contributed by atoms with Crippen LogP contribution in [0.4, 0.5) is 9.18 Å². The zero-order valence-corrected chi connectivity index (χ0v) is 14.8. The van der Waals surface area contributed by atoms with Crippen molar-refractivity contribution in [2.24, 2.45) is 0 Å². The number of hydrazine groups is 1. The molecule has 0 fully saturated rings. The van der Waals surface area contributed by atoms with Crippen molar-refractivity contribution in [2.45, 2.75) is 19.4 Å². The molecule has 0 heterocycles. The Balaban J connectivity index is 1.80. The lowest BCUT2D eigenvalue weighted by Crippen LogP contribution is -2.47. The highest BCUT2D eigenvalue weighted by Crippen LogP contribution is 2.25. The number of halogens is 3. The summed E-state index contributed by atoms with van der Waals surface area (Å²) >= 11 is 11.8. The third-order valence-electron chi connectivity index (χ3n) is 3.38. The predicted octanol–water partition coefficient (Wildman–Crippen LogP) is 3.77. The van der Waals surface area contributed by atoms with Gasteiger partial charge in [0.1, 0.15) is 5.82 Å². The van der Waals surface area contributed by atoms with Crippen molar-refractivity contribution in [3.63, 3.8) is 0 Å². The Labute approximate surface area is 154 Å². The second-order valence-electron chi connectivity index (χ2n) is 5.35. The van der Waals surface area contributed by atoms with Crippen LogP contribution in [0.15, 0.2) is 42.5 Å². The maximum atomic E-state index is 12.8. The first-order valence-corrected chi connectivity index (χ1v) is 8.15. The smallest absolute Gasteiger partial charge is 0.330 e. The minimum Gasteiger partial charge on any atom is -0.330 e. The molecule has 2 aromatic carbocycles. The topological polar surface area (TPSA) is 70.2 Å². The Bertz CT molecular complexity index is 769. The second kappa shape index (κ2) is 8.69. The normalized spacial score (nSPS) is 11.5. The van der Waals surface area contributed by atoms with E-state index in [9.17, 15) is 14.0 Å². The maximum absolute atomic E-state index is 12.8. The van der Waals surface area contributed by atoms with Crippen LogP contribution in [0.1, 0.15) is 24.1 Å². The summed E-state index contributed by atoms with van der Waals surface area (Å²) < 4.78 is 12.8. The second-order valence-corrected chi connectivity index (χ2v) is 6.16. The molecular weight excluding hydrogens is 368 g/mol. The Kier molecular flexibility index (Phi) is 6.61. The summed E-state index contributed by atoms with van der Waals surface area (Å²) in [7, 11) is 0. The van der Waals surface area contributed by atoms with Crippen LogP contribution >= 0.6 is 23.2 Å². The van der Waals surface area contributed by atoms with E-state index in [0.717, 1.165) is 5.56 Å². The predicted molar refractivity (Wildman–Crippen MR) is 94.8 cm³/mol. The summed E-state index contributed by atoms with van der Waals surface area (Å²) in [5.41, 5.74) is 5.93. The molecule has 0 saturated heterocycles. The summed E-state index contributed by atoms with van der Waals surface area (Å²) in [5, 5.41) is 3.47. The van der Waals surface area contributed by atoms with Crippen LogP contribution in [-0.4, -0.2) is 11.9 Å². The van der Waals surface area contributed by atoms with E-state index < -0.39 is 11.9 Å². The Morgan fingerprint density at radius 3 is 2.36 bits per heavy atom. The van der Waals surface area contributed by atoms with E-state index in [2.05, 4.69) is 16.2 Å². The molecule has 0 saturated carbocycles. The average Bonchev–Trinajstić information content (AvgIpc) is 2.57. The van der Waals surface area contributed by atoms with Crippen LogP contribution in [0.3, 0.4) is 0 Å².